The minimum Gasteiger partial charge on any atom is -0.443 e. The van der Waals surface area contributed by atoms with Crippen LogP contribution in [0.5, 0.6) is 0 Å². The monoisotopic (exact) mass is 460 g/mol. The summed E-state index contributed by atoms with van der Waals surface area (Å²) in [5.41, 5.74) is -0.851. The third-order valence-electron chi connectivity index (χ3n) is 3.80. The number of alkyl halides is 3. The second-order valence-electron chi connectivity index (χ2n) is 7.80. The van der Waals surface area contributed by atoms with Gasteiger partial charge in [-0.2, -0.15) is 0 Å². The van der Waals surface area contributed by atoms with Crippen LogP contribution in [0.3, 0.4) is 0 Å². The first-order chi connectivity index (χ1) is 13.2. The normalized spacial score (nSPS) is 13.0. The van der Waals surface area contributed by atoms with Crippen LogP contribution in [-0.4, -0.2) is 36.3 Å². The Morgan fingerprint density at radius 3 is 1.62 bits per heavy atom. The van der Waals surface area contributed by atoms with Crippen molar-refractivity contribution in [1.29, 1.82) is 0 Å². The SMILES string of the molecule is CC(C)(C)OC(=O)n1cccc1/C=C\c1cccn1C(=O)OC(C)(C)C(Cl)(Cl)Cl. The van der Waals surface area contributed by atoms with E-state index >= 15 is 0 Å². The maximum atomic E-state index is 12.5. The summed E-state index contributed by atoms with van der Waals surface area (Å²) in [4.78, 5) is 24.9. The molecule has 0 saturated carbocycles. The van der Waals surface area contributed by atoms with Gasteiger partial charge >= 0.3 is 12.2 Å². The van der Waals surface area contributed by atoms with E-state index in [-0.39, 0.29) is 0 Å². The molecular weight excluding hydrogens is 439 g/mol. The summed E-state index contributed by atoms with van der Waals surface area (Å²) in [5.74, 6) is 0. The van der Waals surface area contributed by atoms with Crippen molar-refractivity contribution in [2.75, 3.05) is 0 Å². The average molecular weight is 462 g/mol. The van der Waals surface area contributed by atoms with Crippen LogP contribution in [0.15, 0.2) is 36.7 Å². The van der Waals surface area contributed by atoms with Crippen LogP contribution in [-0.2, 0) is 9.47 Å². The largest absolute Gasteiger partial charge is 0.443 e. The second-order valence-corrected chi connectivity index (χ2v) is 10.1. The first-order valence-corrected chi connectivity index (χ1v) is 9.91. The second kappa shape index (κ2) is 8.46. The standard InChI is InChI=1S/C20H23Cl3N2O4/c1-18(2,3)28-16(26)24-12-6-8-14(24)10-11-15-9-7-13-25(15)17(27)29-19(4,5)20(21,22)23/h6-13H,1-5H3/b11-10-. The van der Waals surface area contributed by atoms with Crippen LogP contribution in [0, 0.1) is 0 Å². The molecule has 0 spiro atoms. The van der Waals surface area contributed by atoms with Gasteiger partial charge in [-0.05, 0) is 71.0 Å². The van der Waals surface area contributed by atoms with Crippen molar-refractivity contribution in [2.45, 2.75) is 49.6 Å². The number of carbonyl (C=O) groups is 2. The van der Waals surface area contributed by atoms with Crippen molar-refractivity contribution < 1.29 is 19.1 Å². The molecule has 0 fully saturated rings. The van der Waals surface area contributed by atoms with E-state index in [0.29, 0.717) is 11.4 Å². The topological polar surface area (TPSA) is 62.5 Å². The predicted molar refractivity (Wildman–Crippen MR) is 116 cm³/mol. The number of rotatable bonds is 3. The highest BCUT2D eigenvalue weighted by molar-refractivity contribution is 6.68. The highest BCUT2D eigenvalue weighted by Crippen LogP contribution is 2.40. The van der Waals surface area contributed by atoms with E-state index in [2.05, 4.69) is 0 Å². The lowest BCUT2D eigenvalue weighted by atomic mass is 10.2. The van der Waals surface area contributed by atoms with Gasteiger partial charge in [0.1, 0.15) is 5.60 Å². The Balaban J connectivity index is 2.21. The molecule has 0 amide bonds. The van der Waals surface area contributed by atoms with Crippen molar-refractivity contribution in [3.63, 3.8) is 0 Å². The minimum absolute atomic E-state index is 0.499. The van der Waals surface area contributed by atoms with Gasteiger partial charge in [-0.15, -0.1) is 0 Å². The molecule has 0 N–H and O–H groups in total. The van der Waals surface area contributed by atoms with Gasteiger partial charge in [-0.3, -0.25) is 9.13 Å². The molecule has 2 aromatic heterocycles. The maximum absolute atomic E-state index is 12.5. The number of hydrogen-bond donors (Lipinski definition) is 0. The van der Waals surface area contributed by atoms with E-state index in [4.69, 9.17) is 44.3 Å². The Morgan fingerprint density at radius 1 is 0.828 bits per heavy atom. The lowest BCUT2D eigenvalue weighted by Crippen LogP contribution is -2.42. The van der Waals surface area contributed by atoms with Gasteiger partial charge < -0.3 is 9.47 Å². The van der Waals surface area contributed by atoms with Gasteiger partial charge in [0, 0.05) is 12.4 Å². The first kappa shape index (κ1) is 23.4. The molecule has 0 aliphatic carbocycles. The molecule has 0 aliphatic rings. The Hall–Kier alpha value is -1.89. The molecule has 0 saturated heterocycles. The van der Waals surface area contributed by atoms with Crippen molar-refractivity contribution >= 4 is 59.1 Å². The third kappa shape index (κ3) is 6.04. The molecule has 2 rings (SSSR count). The summed E-state index contributed by atoms with van der Waals surface area (Å²) in [6, 6.07) is 6.86. The number of ether oxygens (including phenoxy) is 2. The van der Waals surface area contributed by atoms with E-state index in [1.807, 2.05) is 0 Å². The lowest BCUT2D eigenvalue weighted by Gasteiger charge is -2.31. The van der Waals surface area contributed by atoms with Crippen molar-refractivity contribution in [3.05, 3.63) is 48.0 Å². The lowest BCUT2D eigenvalue weighted by molar-refractivity contribution is 0.0425. The Kier molecular flexibility index (Phi) is 6.82. The van der Waals surface area contributed by atoms with E-state index in [1.165, 1.54) is 29.2 Å². The Labute approximate surface area is 184 Å². The highest BCUT2D eigenvalue weighted by Gasteiger charge is 2.44. The molecular formula is C20H23Cl3N2O4. The van der Waals surface area contributed by atoms with Gasteiger partial charge in [0.25, 0.3) is 0 Å². The van der Waals surface area contributed by atoms with Gasteiger partial charge in [0.15, 0.2) is 5.60 Å². The number of aromatic nitrogens is 2. The Bertz CT molecular complexity index is 915. The third-order valence-corrected chi connectivity index (χ3v) is 5.16. The molecule has 29 heavy (non-hydrogen) atoms. The highest BCUT2D eigenvalue weighted by atomic mass is 35.6. The summed E-state index contributed by atoms with van der Waals surface area (Å²) in [7, 11) is 0. The first-order valence-electron chi connectivity index (χ1n) is 8.77. The van der Waals surface area contributed by atoms with Gasteiger partial charge in [0.2, 0.25) is 3.79 Å². The fourth-order valence-corrected chi connectivity index (χ4v) is 2.32. The van der Waals surface area contributed by atoms with Crippen LogP contribution < -0.4 is 0 Å². The van der Waals surface area contributed by atoms with Gasteiger partial charge in [0.05, 0.1) is 11.4 Å². The van der Waals surface area contributed by atoms with Crippen LogP contribution >= 0.6 is 34.8 Å². The fraction of sp³-hybridized carbons (Fsp3) is 0.400. The molecule has 2 heterocycles. The number of nitrogens with zero attached hydrogens (tertiary/aromatic N) is 2. The zero-order valence-electron chi connectivity index (χ0n) is 16.8. The molecule has 0 unspecified atom stereocenters. The van der Waals surface area contributed by atoms with E-state index in [1.54, 1.807) is 63.4 Å². The van der Waals surface area contributed by atoms with Crippen molar-refractivity contribution in [2.24, 2.45) is 0 Å². The molecule has 0 atom stereocenters. The quantitative estimate of drug-likeness (QED) is 0.498. The van der Waals surface area contributed by atoms with Crippen LogP contribution in [0.4, 0.5) is 9.59 Å². The zero-order chi connectivity index (χ0) is 22.0. The fourth-order valence-electron chi connectivity index (χ4n) is 2.20. The van der Waals surface area contributed by atoms with Crippen molar-refractivity contribution in [3.8, 4) is 0 Å². The maximum Gasteiger partial charge on any atom is 0.419 e. The minimum atomic E-state index is -1.79. The smallest absolute Gasteiger partial charge is 0.419 e. The van der Waals surface area contributed by atoms with Crippen molar-refractivity contribution in [1.82, 2.24) is 9.13 Å². The molecule has 0 radical (unpaired) electrons. The van der Waals surface area contributed by atoms with E-state index in [0.717, 1.165) is 0 Å². The van der Waals surface area contributed by atoms with Gasteiger partial charge in [-0.25, -0.2) is 9.59 Å². The summed E-state index contributed by atoms with van der Waals surface area (Å²) in [5, 5.41) is 0. The number of halogens is 3. The summed E-state index contributed by atoms with van der Waals surface area (Å²) in [6.07, 6.45) is 5.28. The van der Waals surface area contributed by atoms with Crippen LogP contribution in [0.1, 0.15) is 46.0 Å². The molecule has 158 valence electrons. The Morgan fingerprint density at radius 2 is 1.24 bits per heavy atom. The molecule has 6 nitrogen and oxygen atoms in total. The predicted octanol–water partition coefficient (Wildman–Crippen LogP) is 6.38. The molecule has 2 aromatic rings. The molecule has 0 bridgehead atoms. The number of carbonyl (C=O) groups excluding carboxylic acids is 2. The van der Waals surface area contributed by atoms with Crippen LogP contribution in [0.25, 0.3) is 12.2 Å². The summed E-state index contributed by atoms with van der Waals surface area (Å²) in [6.45, 7) is 8.39. The summed E-state index contributed by atoms with van der Waals surface area (Å²) < 4.78 is 11.6. The molecule has 0 aliphatic heterocycles. The molecule has 0 aromatic carbocycles. The average Bonchev–Trinajstić information content (AvgIpc) is 3.18. The van der Waals surface area contributed by atoms with E-state index in [9.17, 15) is 9.59 Å². The van der Waals surface area contributed by atoms with Crippen LogP contribution in [0.2, 0.25) is 0 Å². The summed E-state index contributed by atoms with van der Waals surface area (Å²) >= 11 is 17.6. The zero-order valence-corrected chi connectivity index (χ0v) is 19.0. The van der Waals surface area contributed by atoms with Gasteiger partial charge in [-0.1, -0.05) is 34.8 Å². The number of hydrogen-bond acceptors (Lipinski definition) is 4. The van der Waals surface area contributed by atoms with E-state index < -0.39 is 27.2 Å². The molecule has 9 heteroatoms.